The highest BCUT2D eigenvalue weighted by Crippen LogP contribution is 2.08. The van der Waals surface area contributed by atoms with Crippen LogP contribution < -0.4 is 0 Å². The van der Waals surface area contributed by atoms with E-state index < -0.39 is 18.2 Å². The molecule has 4 heteroatoms. The van der Waals surface area contributed by atoms with Crippen LogP contribution in [0.4, 0.5) is 0 Å². The van der Waals surface area contributed by atoms with E-state index >= 15 is 0 Å². The Balaban J connectivity index is 2.51. The second-order valence-electron chi connectivity index (χ2n) is 2.03. The Bertz CT molecular complexity index is 125. The molecule has 0 radical (unpaired) electrons. The molecule has 4 nitrogen and oxygen atoms in total. The smallest absolute Gasteiger partial charge is 0.117 e. The Morgan fingerprint density at radius 1 is 1.44 bits per heavy atom. The fourth-order valence-corrected chi connectivity index (χ4v) is 0.758. The van der Waals surface area contributed by atoms with Gasteiger partial charge >= 0.3 is 0 Å². The zero-order valence-electron chi connectivity index (χ0n) is 4.81. The number of hydrogen-bond donors (Lipinski definition) is 3. The van der Waals surface area contributed by atoms with Crippen LogP contribution in [-0.2, 0) is 0 Å². The summed E-state index contributed by atoms with van der Waals surface area (Å²) in [5.74, 6) is 0. The van der Waals surface area contributed by atoms with Crippen molar-refractivity contribution in [1.29, 1.82) is 0 Å². The number of aliphatic imine (C=N–C) groups is 1. The minimum Gasteiger partial charge on any atom is -0.394 e. The van der Waals surface area contributed by atoms with Crippen LogP contribution in [0.15, 0.2) is 4.99 Å². The van der Waals surface area contributed by atoms with E-state index in [1.807, 2.05) is 0 Å². The lowest BCUT2D eigenvalue weighted by Crippen LogP contribution is -2.32. The van der Waals surface area contributed by atoms with Crippen LogP contribution in [0.3, 0.4) is 0 Å². The summed E-state index contributed by atoms with van der Waals surface area (Å²) in [6.07, 6.45) is -0.580. The number of nitrogens with zero attached hydrogens (tertiary/aromatic N) is 1. The van der Waals surface area contributed by atoms with Crippen LogP contribution in [0.25, 0.3) is 0 Å². The van der Waals surface area contributed by atoms with Crippen molar-refractivity contribution in [2.75, 3.05) is 6.61 Å². The molecule has 3 atom stereocenters. The van der Waals surface area contributed by atoms with Gasteiger partial charge in [0.25, 0.3) is 0 Å². The predicted molar refractivity (Wildman–Crippen MR) is 31.4 cm³/mol. The summed E-state index contributed by atoms with van der Waals surface area (Å²) in [5, 5.41) is 26.2. The summed E-state index contributed by atoms with van der Waals surface area (Å²) in [4.78, 5) is 3.64. The molecule has 0 aromatic rings. The minimum atomic E-state index is -0.921. The lowest BCUT2D eigenvalue weighted by molar-refractivity contribution is 0.0419. The van der Waals surface area contributed by atoms with Crippen molar-refractivity contribution >= 4 is 6.21 Å². The molecule has 52 valence electrons. The normalized spacial score (nSPS) is 41.9. The number of aliphatic hydroxyl groups excluding tert-OH is 3. The van der Waals surface area contributed by atoms with E-state index in [1.165, 1.54) is 6.21 Å². The van der Waals surface area contributed by atoms with Crippen LogP contribution >= 0.6 is 0 Å². The molecular formula is C5H9NO3. The van der Waals surface area contributed by atoms with Crippen molar-refractivity contribution in [3.05, 3.63) is 0 Å². The van der Waals surface area contributed by atoms with Gasteiger partial charge in [-0.1, -0.05) is 0 Å². The monoisotopic (exact) mass is 131 g/mol. The molecule has 1 rings (SSSR count). The highest BCUT2D eigenvalue weighted by Gasteiger charge is 2.28. The fraction of sp³-hybridized carbons (Fsp3) is 0.800. The van der Waals surface area contributed by atoms with Crippen molar-refractivity contribution in [3.8, 4) is 0 Å². The van der Waals surface area contributed by atoms with Crippen molar-refractivity contribution in [3.63, 3.8) is 0 Å². The largest absolute Gasteiger partial charge is 0.394 e. The molecule has 0 saturated carbocycles. The Hall–Kier alpha value is -0.450. The molecule has 0 bridgehead atoms. The summed E-state index contributed by atoms with van der Waals surface area (Å²) >= 11 is 0. The molecule has 0 saturated heterocycles. The van der Waals surface area contributed by atoms with Crippen molar-refractivity contribution in [2.24, 2.45) is 4.99 Å². The van der Waals surface area contributed by atoms with E-state index in [9.17, 15) is 0 Å². The van der Waals surface area contributed by atoms with Gasteiger partial charge in [0, 0.05) is 6.21 Å². The third-order valence-electron chi connectivity index (χ3n) is 1.36. The van der Waals surface area contributed by atoms with Crippen molar-refractivity contribution < 1.29 is 15.3 Å². The Morgan fingerprint density at radius 2 is 2.11 bits per heavy atom. The summed E-state index contributed by atoms with van der Waals surface area (Å²) in [7, 11) is 0. The maximum atomic E-state index is 8.92. The van der Waals surface area contributed by atoms with Gasteiger partial charge in [-0.15, -0.1) is 0 Å². The van der Waals surface area contributed by atoms with Crippen LogP contribution in [0.1, 0.15) is 0 Å². The molecule has 9 heavy (non-hydrogen) atoms. The molecule has 0 aromatic heterocycles. The molecule has 0 unspecified atom stereocenters. The van der Waals surface area contributed by atoms with E-state index in [1.54, 1.807) is 0 Å². The van der Waals surface area contributed by atoms with E-state index in [0.29, 0.717) is 0 Å². The van der Waals surface area contributed by atoms with Crippen molar-refractivity contribution in [1.82, 2.24) is 0 Å². The minimum absolute atomic E-state index is 0.214. The second-order valence-corrected chi connectivity index (χ2v) is 2.03. The van der Waals surface area contributed by atoms with E-state index in [-0.39, 0.29) is 6.61 Å². The quantitative estimate of drug-likeness (QED) is 0.391. The zero-order chi connectivity index (χ0) is 6.85. The first-order chi connectivity index (χ1) is 4.25. The Morgan fingerprint density at radius 3 is 2.33 bits per heavy atom. The molecule has 0 spiro atoms. The lowest BCUT2D eigenvalue weighted by Gasteiger charge is -2.10. The highest BCUT2D eigenvalue weighted by atomic mass is 16.3. The van der Waals surface area contributed by atoms with Gasteiger partial charge in [-0.05, 0) is 0 Å². The van der Waals surface area contributed by atoms with Gasteiger partial charge in [0.15, 0.2) is 0 Å². The summed E-state index contributed by atoms with van der Waals surface area (Å²) < 4.78 is 0. The Kier molecular flexibility index (Phi) is 1.80. The molecule has 0 aliphatic carbocycles. The number of aliphatic hydroxyl groups is 3. The van der Waals surface area contributed by atoms with E-state index in [2.05, 4.69) is 4.99 Å². The van der Waals surface area contributed by atoms with Crippen LogP contribution in [-0.4, -0.2) is 46.4 Å². The summed E-state index contributed by atoms with van der Waals surface area (Å²) in [6, 6.07) is -0.528. The standard InChI is InChI=1S/C5H9NO3/c7-2-3-5(9)4(8)1-6-3/h1,3-5,7-9H,2H2/t3-,4+,5-/m1/s1. The molecule has 1 aliphatic rings. The first-order valence-corrected chi connectivity index (χ1v) is 2.76. The van der Waals surface area contributed by atoms with Crippen LogP contribution in [0, 0.1) is 0 Å². The SMILES string of the molecule is OC[C@H]1N=C[C@H](O)[C@@H]1O. The predicted octanol–water partition coefficient (Wildman–Crippen LogP) is -1.85. The molecule has 3 N–H and O–H groups in total. The molecule has 0 fully saturated rings. The highest BCUT2D eigenvalue weighted by molar-refractivity contribution is 5.66. The third-order valence-corrected chi connectivity index (χ3v) is 1.36. The molecule has 0 aromatic carbocycles. The Labute approximate surface area is 52.5 Å². The molecule has 0 amide bonds. The summed E-state index contributed by atoms with van der Waals surface area (Å²) in [6.45, 7) is -0.214. The van der Waals surface area contributed by atoms with Crippen molar-refractivity contribution in [2.45, 2.75) is 18.2 Å². The average Bonchev–Trinajstić information content (AvgIpc) is 2.15. The van der Waals surface area contributed by atoms with Crippen LogP contribution in [0.5, 0.6) is 0 Å². The number of hydrogen-bond acceptors (Lipinski definition) is 4. The summed E-state index contributed by atoms with van der Waals surface area (Å²) in [5.41, 5.74) is 0. The first kappa shape index (κ1) is 6.67. The topological polar surface area (TPSA) is 73.1 Å². The second kappa shape index (κ2) is 2.43. The fourth-order valence-electron chi connectivity index (χ4n) is 0.758. The zero-order valence-corrected chi connectivity index (χ0v) is 4.81. The maximum absolute atomic E-state index is 8.92. The van der Waals surface area contributed by atoms with Crippen LogP contribution in [0.2, 0.25) is 0 Å². The van der Waals surface area contributed by atoms with Gasteiger partial charge in [-0.2, -0.15) is 0 Å². The van der Waals surface area contributed by atoms with Gasteiger partial charge in [0.1, 0.15) is 18.2 Å². The van der Waals surface area contributed by atoms with Gasteiger partial charge in [-0.25, -0.2) is 0 Å². The van der Waals surface area contributed by atoms with Gasteiger partial charge < -0.3 is 15.3 Å². The lowest BCUT2D eigenvalue weighted by atomic mass is 10.1. The first-order valence-electron chi connectivity index (χ1n) is 2.76. The molecule has 1 heterocycles. The van der Waals surface area contributed by atoms with E-state index in [0.717, 1.165) is 0 Å². The third kappa shape index (κ3) is 1.10. The molecular weight excluding hydrogens is 122 g/mol. The van der Waals surface area contributed by atoms with E-state index in [4.69, 9.17) is 15.3 Å². The van der Waals surface area contributed by atoms with Gasteiger partial charge in [0.2, 0.25) is 0 Å². The molecule has 1 aliphatic heterocycles. The van der Waals surface area contributed by atoms with Gasteiger partial charge in [-0.3, -0.25) is 4.99 Å². The number of rotatable bonds is 1. The maximum Gasteiger partial charge on any atom is 0.117 e. The van der Waals surface area contributed by atoms with Gasteiger partial charge in [0.05, 0.1) is 6.61 Å². The average molecular weight is 131 g/mol.